The Morgan fingerprint density at radius 3 is 2.64 bits per heavy atom. The quantitative estimate of drug-likeness (QED) is 0.619. The number of urea groups is 1. The minimum absolute atomic E-state index is 0.00934. The Hall–Kier alpha value is -3.40. The lowest BCUT2D eigenvalue weighted by Gasteiger charge is -2.40. The highest BCUT2D eigenvalue weighted by Gasteiger charge is 2.58. The Balaban J connectivity index is 1.33. The summed E-state index contributed by atoms with van der Waals surface area (Å²) in [6.45, 7) is 1.45. The van der Waals surface area contributed by atoms with Crippen LogP contribution < -0.4 is 5.32 Å². The molecule has 3 saturated heterocycles. The molecule has 5 rings (SSSR count). The Morgan fingerprint density at radius 1 is 1.14 bits per heavy atom. The first-order valence-corrected chi connectivity index (χ1v) is 12.3. The molecule has 0 bridgehead atoms. The van der Waals surface area contributed by atoms with Gasteiger partial charge in [0.2, 0.25) is 5.91 Å². The highest BCUT2D eigenvalue weighted by molar-refractivity contribution is 6.07. The third-order valence-electron chi connectivity index (χ3n) is 7.42. The number of aromatic nitrogens is 1. The van der Waals surface area contributed by atoms with Crippen LogP contribution >= 0.6 is 0 Å². The van der Waals surface area contributed by atoms with Gasteiger partial charge >= 0.3 is 6.03 Å². The molecule has 3 fully saturated rings. The first-order valence-electron chi connectivity index (χ1n) is 12.3. The van der Waals surface area contributed by atoms with Gasteiger partial charge in [0.05, 0.1) is 24.8 Å². The van der Waals surface area contributed by atoms with Crippen LogP contribution in [-0.2, 0) is 26.3 Å². The van der Waals surface area contributed by atoms with Crippen molar-refractivity contribution in [3.05, 3.63) is 65.5 Å². The normalized spacial score (nSPS) is 24.9. The third kappa shape index (κ3) is 4.45. The molecule has 4 amide bonds. The standard InChI is InChI=1S/C26H28F2N4O4/c27-19-6-7-21(28)17(14-19)15-23(33)31-11-8-18(9-12-31)26(22-5-1-2-10-29-22)24(34)32(25(35)30-26)16-20-4-3-13-36-20/h1-2,5-7,10,14,18,20H,3-4,8-9,11-13,15-16H2,(H,30,35)/t20-,26+/m0/s1. The molecule has 190 valence electrons. The number of carbonyl (C=O) groups is 3. The van der Waals surface area contributed by atoms with Gasteiger partial charge in [-0.2, -0.15) is 0 Å². The molecule has 3 aliphatic heterocycles. The van der Waals surface area contributed by atoms with E-state index in [1.165, 1.54) is 4.90 Å². The van der Waals surface area contributed by atoms with Crippen LogP contribution in [0.2, 0.25) is 0 Å². The minimum Gasteiger partial charge on any atom is -0.376 e. The molecule has 4 heterocycles. The molecule has 10 heteroatoms. The average molecular weight is 499 g/mol. The van der Waals surface area contributed by atoms with E-state index in [0.717, 1.165) is 31.0 Å². The fourth-order valence-electron chi connectivity index (χ4n) is 5.52. The van der Waals surface area contributed by atoms with E-state index in [0.29, 0.717) is 38.2 Å². The van der Waals surface area contributed by atoms with Gasteiger partial charge < -0.3 is 15.0 Å². The predicted octanol–water partition coefficient (Wildman–Crippen LogP) is 2.77. The van der Waals surface area contributed by atoms with Crippen LogP contribution in [0.3, 0.4) is 0 Å². The summed E-state index contributed by atoms with van der Waals surface area (Å²) < 4.78 is 33.2. The Bertz CT molecular complexity index is 1150. The third-order valence-corrected chi connectivity index (χ3v) is 7.42. The topological polar surface area (TPSA) is 91.8 Å². The number of hydrogen-bond acceptors (Lipinski definition) is 5. The molecule has 8 nitrogen and oxygen atoms in total. The zero-order valence-corrected chi connectivity index (χ0v) is 19.8. The van der Waals surface area contributed by atoms with E-state index < -0.39 is 23.2 Å². The first kappa shape index (κ1) is 24.3. The molecule has 0 saturated carbocycles. The molecule has 2 atom stereocenters. The number of ether oxygens (including phenoxy) is 1. The maximum absolute atomic E-state index is 14.0. The maximum atomic E-state index is 14.0. The molecular weight excluding hydrogens is 470 g/mol. The Kier molecular flexibility index (Phi) is 6.70. The molecule has 36 heavy (non-hydrogen) atoms. The van der Waals surface area contributed by atoms with Crippen LogP contribution in [0.25, 0.3) is 0 Å². The maximum Gasteiger partial charge on any atom is 0.325 e. The minimum atomic E-state index is -1.33. The van der Waals surface area contributed by atoms with Gasteiger partial charge in [-0.15, -0.1) is 0 Å². The van der Waals surface area contributed by atoms with Gasteiger partial charge in [0.1, 0.15) is 11.6 Å². The van der Waals surface area contributed by atoms with Gasteiger partial charge in [-0.1, -0.05) is 6.07 Å². The van der Waals surface area contributed by atoms with E-state index >= 15 is 0 Å². The van der Waals surface area contributed by atoms with E-state index in [4.69, 9.17) is 4.74 Å². The number of piperidine rings is 1. The number of likely N-dealkylation sites (tertiary alicyclic amines) is 1. The lowest BCUT2D eigenvalue weighted by molar-refractivity contribution is -0.137. The zero-order valence-electron chi connectivity index (χ0n) is 19.8. The van der Waals surface area contributed by atoms with Gasteiger partial charge in [0, 0.05) is 37.4 Å². The number of imide groups is 1. The number of benzene rings is 1. The van der Waals surface area contributed by atoms with Gasteiger partial charge in [-0.25, -0.2) is 13.6 Å². The molecule has 1 N–H and O–H groups in total. The highest BCUT2D eigenvalue weighted by Crippen LogP contribution is 2.41. The largest absolute Gasteiger partial charge is 0.376 e. The predicted molar refractivity (Wildman–Crippen MR) is 124 cm³/mol. The second-order valence-corrected chi connectivity index (χ2v) is 9.57. The van der Waals surface area contributed by atoms with E-state index in [1.54, 1.807) is 29.3 Å². The summed E-state index contributed by atoms with van der Waals surface area (Å²) in [6.07, 6.45) is 3.73. The van der Waals surface area contributed by atoms with Gasteiger partial charge in [0.25, 0.3) is 5.91 Å². The number of nitrogens with one attached hydrogen (secondary N) is 1. The molecule has 0 radical (unpaired) electrons. The van der Waals surface area contributed by atoms with E-state index in [9.17, 15) is 23.2 Å². The number of pyridine rings is 1. The zero-order chi connectivity index (χ0) is 25.3. The van der Waals surface area contributed by atoms with E-state index in [1.807, 2.05) is 0 Å². The van der Waals surface area contributed by atoms with E-state index in [2.05, 4.69) is 10.3 Å². The number of amides is 4. The lowest BCUT2D eigenvalue weighted by Crippen LogP contribution is -2.55. The van der Waals surface area contributed by atoms with Crippen LogP contribution in [0.15, 0.2) is 42.6 Å². The fourth-order valence-corrected chi connectivity index (χ4v) is 5.52. The summed E-state index contributed by atoms with van der Waals surface area (Å²) in [6, 6.07) is 7.84. The van der Waals surface area contributed by atoms with Crippen molar-refractivity contribution in [3.8, 4) is 0 Å². The average Bonchev–Trinajstić information content (AvgIpc) is 3.49. The second kappa shape index (κ2) is 9.93. The summed E-state index contributed by atoms with van der Waals surface area (Å²) in [5.74, 6) is -2.19. The summed E-state index contributed by atoms with van der Waals surface area (Å²) in [5.41, 5.74) is -0.860. The smallest absolute Gasteiger partial charge is 0.325 e. The van der Waals surface area contributed by atoms with Crippen LogP contribution in [0.5, 0.6) is 0 Å². The van der Waals surface area contributed by atoms with Crippen molar-refractivity contribution in [3.63, 3.8) is 0 Å². The SMILES string of the molecule is O=C(Cc1cc(F)ccc1F)N1CCC([C@]2(c3ccccn3)NC(=O)N(C[C@@H]3CCCO3)C2=O)CC1. The number of nitrogens with zero attached hydrogens (tertiary/aromatic N) is 3. The lowest BCUT2D eigenvalue weighted by atomic mass is 9.75. The number of halogens is 2. The van der Waals surface area contributed by atoms with Crippen LogP contribution in [-0.4, -0.2) is 65.0 Å². The van der Waals surface area contributed by atoms with Gasteiger partial charge in [-0.3, -0.25) is 19.5 Å². The van der Waals surface area contributed by atoms with Crippen molar-refractivity contribution in [2.24, 2.45) is 5.92 Å². The summed E-state index contributed by atoms with van der Waals surface area (Å²) in [4.78, 5) is 47.0. The monoisotopic (exact) mass is 498 g/mol. The van der Waals surface area contributed by atoms with Crippen molar-refractivity contribution >= 4 is 17.8 Å². The van der Waals surface area contributed by atoms with Crippen LogP contribution in [0.4, 0.5) is 13.6 Å². The van der Waals surface area contributed by atoms with Crippen molar-refractivity contribution in [2.45, 2.75) is 43.7 Å². The first-order chi connectivity index (χ1) is 17.4. The van der Waals surface area contributed by atoms with Gasteiger partial charge in [0.15, 0.2) is 5.54 Å². The Labute approximate surface area is 207 Å². The van der Waals surface area contributed by atoms with Crippen LogP contribution in [0, 0.1) is 17.6 Å². The number of rotatable bonds is 6. The van der Waals surface area contributed by atoms with Crippen LogP contribution in [0.1, 0.15) is 36.9 Å². The summed E-state index contributed by atoms with van der Waals surface area (Å²) >= 11 is 0. The molecular formula is C26H28F2N4O4. The molecule has 1 aromatic carbocycles. The fraction of sp³-hybridized carbons (Fsp3) is 0.462. The molecule has 0 spiro atoms. The van der Waals surface area contributed by atoms with Crippen molar-refractivity contribution in [1.82, 2.24) is 20.1 Å². The van der Waals surface area contributed by atoms with Crippen molar-refractivity contribution in [1.29, 1.82) is 0 Å². The second-order valence-electron chi connectivity index (χ2n) is 9.57. The highest BCUT2D eigenvalue weighted by atomic mass is 19.1. The molecule has 0 unspecified atom stereocenters. The van der Waals surface area contributed by atoms with Gasteiger partial charge in [-0.05, 0) is 56.0 Å². The van der Waals surface area contributed by atoms with Crippen molar-refractivity contribution in [2.75, 3.05) is 26.2 Å². The number of hydrogen-bond donors (Lipinski definition) is 1. The van der Waals surface area contributed by atoms with E-state index in [-0.39, 0.29) is 42.4 Å². The molecule has 0 aliphatic carbocycles. The summed E-state index contributed by atoms with van der Waals surface area (Å²) in [5, 5.41) is 2.95. The van der Waals surface area contributed by atoms with Crippen molar-refractivity contribution < 1.29 is 27.9 Å². The molecule has 2 aromatic rings. The molecule has 1 aromatic heterocycles. The molecule has 3 aliphatic rings. The summed E-state index contributed by atoms with van der Waals surface area (Å²) in [7, 11) is 0. The Morgan fingerprint density at radius 2 is 1.94 bits per heavy atom. The number of carbonyl (C=O) groups excluding carboxylic acids is 3.